The lowest BCUT2D eigenvalue weighted by atomic mass is 9.87. The molecule has 0 spiro atoms. The van der Waals surface area contributed by atoms with Crippen LogP contribution in [0.5, 0.6) is 5.75 Å². The van der Waals surface area contributed by atoms with Crippen molar-refractivity contribution in [2.45, 2.75) is 44.6 Å². The van der Waals surface area contributed by atoms with Crippen LogP contribution in [0.25, 0.3) is 10.9 Å². The predicted octanol–water partition coefficient (Wildman–Crippen LogP) is 5.38. The molecule has 2 aliphatic rings. The number of carboxylic acid groups (broad SMARTS) is 1. The quantitative estimate of drug-likeness (QED) is 0.525. The predicted molar refractivity (Wildman–Crippen MR) is 122 cm³/mol. The van der Waals surface area contributed by atoms with Gasteiger partial charge >= 0.3 is 5.97 Å². The molecule has 0 amide bonds. The number of aryl methyl sites for hydroxylation is 2. The molecule has 5 rings (SSSR count). The second-order valence-electron chi connectivity index (χ2n) is 9.51. The van der Waals surface area contributed by atoms with Crippen molar-refractivity contribution >= 4 is 16.9 Å². The zero-order chi connectivity index (χ0) is 23.3. The summed E-state index contributed by atoms with van der Waals surface area (Å²) in [5, 5.41) is 10.3. The minimum absolute atomic E-state index is 0.0323. The summed E-state index contributed by atoms with van der Waals surface area (Å²) in [6.07, 6.45) is 2.44. The summed E-state index contributed by atoms with van der Waals surface area (Å²) in [5.41, 5.74) is 4.45. The van der Waals surface area contributed by atoms with Gasteiger partial charge in [-0.1, -0.05) is 18.2 Å². The third kappa shape index (κ3) is 4.22. The summed E-state index contributed by atoms with van der Waals surface area (Å²) in [7, 11) is 0. The van der Waals surface area contributed by atoms with E-state index in [0.717, 1.165) is 33.3 Å². The van der Waals surface area contributed by atoms with E-state index in [4.69, 9.17) is 4.74 Å². The molecule has 174 valence electrons. The monoisotopic (exact) mass is 454 g/mol. The Morgan fingerprint density at radius 3 is 2.61 bits per heavy atom. The maximum atomic E-state index is 13.5. The van der Waals surface area contributed by atoms with Crippen LogP contribution in [0.3, 0.4) is 0 Å². The SMILES string of the molecule is Cc1cc(C)c2[nH]ccc2c1O[C@@H]1CCN(CC2CC2(F)F)C[C@H]1c1ccc(C(=O)O)cc1. The van der Waals surface area contributed by atoms with Crippen LogP contribution in [-0.2, 0) is 0 Å². The molecule has 3 atom stereocenters. The molecule has 33 heavy (non-hydrogen) atoms. The largest absolute Gasteiger partial charge is 0.489 e. The molecule has 2 aromatic carbocycles. The molecule has 0 radical (unpaired) electrons. The highest BCUT2D eigenvalue weighted by atomic mass is 19.3. The van der Waals surface area contributed by atoms with Gasteiger partial charge in [0.15, 0.2) is 0 Å². The van der Waals surface area contributed by atoms with Gasteiger partial charge < -0.3 is 19.7 Å². The molecule has 7 heteroatoms. The molecular formula is C26H28F2N2O3. The maximum Gasteiger partial charge on any atom is 0.335 e. The molecule has 2 heterocycles. The fourth-order valence-corrected chi connectivity index (χ4v) is 5.14. The number of rotatable bonds is 6. The van der Waals surface area contributed by atoms with Gasteiger partial charge in [-0.3, -0.25) is 0 Å². The Balaban J connectivity index is 1.44. The molecule has 1 saturated carbocycles. The molecule has 3 aromatic rings. The number of piperidine rings is 1. The molecule has 1 unspecified atom stereocenters. The number of aromatic carboxylic acids is 1. The number of H-pyrrole nitrogens is 1. The number of carboxylic acids is 1. The number of hydrogen-bond donors (Lipinski definition) is 2. The average molecular weight is 455 g/mol. The molecule has 0 bridgehead atoms. The van der Waals surface area contributed by atoms with Crippen molar-refractivity contribution in [3.8, 4) is 5.75 Å². The molecule has 2 fully saturated rings. The van der Waals surface area contributed by atoms with Gasteiger partial charge in [-0.25, -0.2) is 13.6 Å². The second-order valence-corrected chi connectivity index (χ2v) is 9.51. The van der Waals surface area contributed by atoms with E-state index in [-0.39, 0.29) is 24.0 Å². The minimum atomic E-state index is -2.54. The standard InChI is InChI=1S/C26H28F2N2O3/c1-15-11-16(2)24(20-7-9-29-23(15)20)33-22-8-10-30(13-19-12-26(19,27)28)14-21(22)17-3-5-18(6-4-17)25(31)32/h3-7,9,11,19,21-22,29H,8,10,12-14H2,1-2H3,(H,31,32)/t19?,21-,22+/m0/s1. The van der Waals surface area contributed by atoms with Gasteiger partial charge in [0.25, 0.3) is 5.92 Å². The number of nitrogens with zero attached hydrogens (tertiary/aromatic N) is 1. The van der Waals surface area contributed by atoms with E-state index < -0.39 is 17.8 Å². The lowest BCUT2D eigenvalue weighted by Crippen LogP contribution is -2.45. The Labute approximate surface area is 191 Å². The Kier molecular flexibility index (Phi) is 5.40. The summed E-state index contributed by atoms with van der Waals surface area (Å²) >= 11 is 0. The summed E-state index contributed by atoms with van der Waals surface area (Å²) in [6.45, 7) is 5.78. The van der Waals surface area contributed by atoms with Crippen molar-refractivity contribution in [3.63, 3.8) is 0 Å². The van der Waals surface area contributed by atoms with Gasteiger partial charge in [-0.05, 0) is 55.2 Å². The molecule has 2 N–H and O–H groups in total. The highest BCUT2D eigenvalue weighted by molar-refractivity contribution is 5.90. The van der Waals surface area contributed by atoms with Gasteiger partial charge in [0, 0.05) is 49.5 Å². The topological polar surface area (TPSA) is 65.6 Å². The van der Waals surface area contributed by atoms with Crippen molar-refractivity contribution in [1.29, 1.82) is 0 Å². The van der Waals surface area contributed by atoms with Crippen LogP contribution < -0.4 is 4.74 Å². The number of likely N-dealkylation sites (tertiary alicyclic amines) is 1. The number of aromatic amines is 1. The highest BCUT2D eigenvalue weighted by Gasteiger charge is 2.57. The minimum Gasteiger partial charge on any atom is -0.489 e. The fourth-order valence-electron chi connectivity index (χ4n) is 5.14. The first-order chi connectivity index (χ1) is 15.7. The third-order valence-corrected chi connectivity index (χ3v) is 7.10. The lowest BCUT2D eigenvalue weighted by molar-refractivity contribution is 0.0553. The first-order valence-electron chi connectivity index (χ1n) is 11.4. The summed E-state index contributed by atoms with van der Waals surface area (Å²) < 4.78 is 33.7. The van der Waals surface area contributed by atoms with Crippen molar-refractivity contribution < 1.29 is 23.4 Å². The summed E-state index contributed by atoms with van der Waals surface area (Å²) in [5.74, 6) is -3.28. The zero-order valence-corrected chi connectivity index (χ0v) is 18.8. The smallest absolute Gasteiger partial charge is 0.335 e. The number of hydrogen-bond acceptors (Lipinski definition) is 3. The van der Waals surface area contributed by atoms with Crippen molar-refractivity contribution in [2.75, 3.05) is 19.6 Å². The van der Waals surface area contributed by atoms with Crippen LogP contribution in [0.15, 0.2) is 42.6 Å². The second kappa shape index (κ2) is 8.13. The molecule has 1 aliphatic heterocycles. The fraction of sp³-hybridized carbons (Fsp3) is 0.423. The zero-order valence-electron chi connectivity index (χ0n) is 18.8. The van der Waals surface area contributed by atoms with E-state index in [2.05, 4.69) is 22.9 Å². The van der Waals surface area contributed by atoms with Crippen LogP contribution in [0.2, 0.25) is 0 Å². The average Bonchev–Trinajstić information content (AvgIpc) is 3.14. The Hall–Kier alpha value is -2.93. The first-order valence-corrected chi connectivity index (χ1v) is 11.4. The van der Waals surface area contributed by atoms with Crippen LogP contribution >= 0.6 is 0 Å². The highest BCUT2D eigenvalue weighted by Crippen LogP contribution is 2.49. The van der Waals surface area contributed by atoms with Crippen LogP contribution in [0.4, 0.5) is 8.78 Å². The van der Waals surface area contributed by atoms with Gasteiger partial charge in [0.05, 0.1) is 11.1 Å². The normalized spacial score (nSPS) is 24.7. The number of benzene rings is 2. The Bertz CT molecular complexity index is 1190. The number of ether oxygens (including phenoxy) is 1. The number of carbonyl (C=O) groups is 1. The van der Waals surface area contributed by atoms with Gasteiger partial charge in [0.2, 0.25) is 0 Å². The number of halogens is 2. The van der Waals surface area contributed by atoms with E-state index in [1.165, 1.54) is 0 Å². The molecule has 1 aliphatic carbocycles. The van der Waals surface area contributed by atoms with E-state index in [0.29, 0.717) is 26.1 Å². The van der Waals surface area contributed by atoms with Crippen LogP contribution in [0.1, 0.15) is 45.8 Å². The van der Waals surface area contributed by atoms with Gasteiger partial charge in [0.1, 0.15) is 11.9 Å². The van der Waals surface area contributed by atoms with Crippen molar-refractivity contribution in [2.24, 2.45) is 5.92 Å². The summed E-state index contributed by atoms with van der Waals surface area (Å²) in [6, 6.07) is 11.0. The maximum absolute atomic E-state index is 13.5. The van der Waals surface area contributed by atoms with Crippen LogP contribution in [0, 0.1) is 19.8 Å². The molecular weight excluding hydrogens is 426 g/mol. The number of fused-ring (bicyclic) bond motifs is 1. The third-order valence-electron chi connectivity index (χ3n) is 7.10. The van der Waals surface area contributed by atoms with E-state index in [1.54, 1.807) is 12.1 Å². The van der Waals surface area contributed by atoms with Crippen molar-refractivity contribution in [1.82, 2.24) is 9.88 Å². The summed E-state index contributed by atoms with van der Waals surface area (Å²) in [4.78, 5) is 16.7. The van der Waals surface area contributed by atoms with E-state index >= 15 is 0 Å². The number of aromatic nitrogens is 1. The van der Waals surface area contributed by atoms with Gasteiger partial charge in [-0.2, -0.15) is 0 Å². The molecule has 1 aromatic heterocycles. The Morgan fingerprint density at radius 2 is 1.94 bits per heavy atom. The molecule has 1 saturated heterocycles. The van der Waals surface area contributed by atoms with Crippen molar-refractivity contribution in [3.05, 3.63) is 64.8 Å². The number of alkyl halides is 2. The van der Waals surface area contributed by atoms with Crippen LogP contribution in [-0.4, -0.2) is 52.6 Å². The molecule has 5 nitrogen and oxygen atoms in total. The van der Waals surface area contributed by atoms with E-state index in [9.17, 15) is 18.7 Å². The van der Waals surface area contributed by atoms with Gasteiger partial charge in [-0.15, -0.1) is 0 Å². The number of nitrogens with one attached hydrogen (secondary N) is 1. The first kappa shape index (κ1) is 21.9. The lowest BCUT2D eigenvalue weighted by Gasteiger charge is -2.39. The van der Waals surface area contributed by atoms with E-state index in [1.807, 2.05) is 31.3 Å². The Morgan fingerprint density at radius 1 is 1.21 bits per heavy atom.